The minimum atomic E-state index is -0.582. The van der Waals surface area contributed by atoms with Crippen LogP contribution in [-0.4, -0.2) is 30.4 Å². The molecule has 2 aromatic carbocycles. The second-order valence-corrected chi connectivity index (χ2v) is 5.36. The summed E-state index contributed by atoms with van der Waals surface area (Å²) in [5.41, 5.74) is 6.23. The number of nitro groups is 1. The zero-order valence-electron chi connectivity index (χ0n) is 14.2. The zero-order valence-corrected chi connectivity index (χ0v) is 14.2. The molecule has 136 valence electrons. The van der Waals surface area contributed by atoms with Crippen molar-refractivity contribution in [3.63, 3.8) is 0 Å². The van der Waals surface area contributed by atoms with Crippen LogP contribution in [0.4, 0.5) is 11.4 Å². The minimum Gasteiger partial charge on any atom is -0.495 e. The largest absolute Gasteiger partial charge is 0.495 e. The first-order chi connectivity index (χ1) is 12.4. The van der Waals surface area contributed by atoms with Gasteiger partial charge in [0.15, 0.2) is 0 Å². The van der Waals surface area contributed by atoms with Gasteiger partial charge in [-0.2, -0.15) is 0 Å². The molecule has 0 fully saturated rings. The van der Waals surface area contributed by atoms with Crippen molar-refractivity contribution in [3.05, 3.63) is 63.7 Å². The molecule has 0 aliphatic heterocycles. The molecule has 0 spiro atoms. The quantitative estimate of drug-likeness (QED) is 0.534. The lowest BCUT2D eigenvalue weighted by atomic mass is 10.2. The first kappa shape index (κ1) is 18.7. The Balaban J connectivity index is 1.85. The van der Waals surface area contributed by atoms with E-state index >= 15 is 0 Å². The number of carbonyl (C=O) groups is 2. The maximum Gasteiger partial charge on any atom is 0.269 e. The van der Waals surface area contributed by atoms with Gasteiger partial charge in [0, 0.05) is 17.7 Å². The Hall–Kier alpha value is -3.62. The van der Waals surface area contributed by atoms with E-state index in [1.54, 1.807) is 6.07 Å². The summed E-state index contributed by atoms with van der Waals surface area (Å²) in [6.07, 6.45) is 0. The van der Waals surface area contributed by atoms with Crippen molar-refractivity contribution in [2.45, 2.75) is 6.92 Å². The molecule has 0 unspecified atom stereocenters. The lowest BCUT2D eigenvalue weighted by Crippen LogP contribution is -2.44. The highest BCUT2D eigenvalue weighted by Gasteiger charge is 2.11. The van der Waals surface area contributed by atoms with Crippen molar-refractivity contribution in [2.75, 3.05) is 19.0 Å². The third-order valence-electron chi connectivity index (χ3n) is 3.45. The van der Waals surface area contributed by atoms with Gasteiger partial charge in [-0.3, -0.25) is 30.6 Å². The number of amides is 2. The number of nitrogens with one attached hydrogen (secondary N) is 3. The molecule has 3 N–H and O–H groups in total. The van der Waals surface area contributed by atoms with Gasteiger partial charge in [-0.25, -0.2) is 0 Å². The van der Waals surface area contributed by atoms with E-state index in [1.165, 1.54) is 31.4 Å². The Bertz CT molecular complexity index is 820. The number of hydrogen-bond acceptors (Lipinski definition) is 6. The van der Waals surface area contributed by atoms with Crippen LogP contribution in [-0.2, 0) is 4.79 Å². The topological polar surface area (TPSA) is 123 Å². The number of rotatable bonds is 6. The van der Waals surface area contributed by atoms with Gasteiger partial charge < -0.3 is 10.1 Å². The van der Waals surface area contributed by atoms with Crippen LogP contribution in [0, 0.1) is 17.0 Å². The standard InChI is InChI=1S/C17H18N4O5/c1-11-3-8-15(26-2)14(9-11)18-10-16(22)19-20-17(23)12-4-6-13(7-5-12)21(24)25/h3-9,18H,10H2,1-2H3,(H,19,22)(H,20,23). The van der Waals surface area contributed by atoms with Gasteiger partial charge in [0.25, 0.3) is 17.5 Å². The molecule has 0 radical (unpaired) electrons. The van der Waals surface area contributed by atoms with Gasteiger partial charge in [-0.1, -0.05) is 6.07 Å². The maximum atomic E-state index is 11.9. The highest BCUT2D eigenvalue weighted by Crippen LogP contribution is 2.24. The van der Waals surface area contributed by atoms with Crippen molar-refractivity contribution >= 4 is 23.2 Å². The van der Waals surface area contributed by atoms with Crippen LogP contribution >= 0.6 is 0 Å². The van der Waals surface area contributed by atoms with Crippen LogP contribution in [0.2, 0.25) is 0 Å². The summed E-state index contributed by atoms with van der Waals surface area (Å²) >= 11 is 0. The van der Waals surface area contributed by atoms with Crippen LogP contribution < -0.4 is 20.9 Å². The predicted octanol–water partition coefficient (Wildman–Crippen LogP) is 1.78. The molecule has 0 atom stereocenters. The molecule has 0 aliphatic rings. The number of non-ortho nitro benzene ring substituents is 1. The summed E-state index contributed by atoms with van der Waals surface area (Å²) < 4.78 is 5.20. The van der Waals surface area contributed by atoms with E-state index in [1.807, 2.05) is 19.1 Å². The third-order valence-corrected chi connectivity index (χ3v) is 3.45. The van der Waals surface area contributed by atoms with E-state index in [9.17, 15) is 19.7 Å². The Labute approximate surface area is 149 Å². The molecule has 0 saturated carbocycles. The van der Waals surface area contributed by atoms with Gasteiger partial charge in [0.2, 0.25) is 0 Å². The van der Waals surface area contributed by atoms with Crippen molar-refractivity contribution in [1.82, 2.24) is 10.9 Å². The van der Waals surface area contributed by atoms with Crippen LogP contribution in [0.5, 0.6) is 5.75 Å². The van der Waals surface area contributed by atoms with Crippen molar-refractivity contribution < 1.29 is 19.2 Å². The third kappa shape index (κ3) is 4.94. The normalized spacial score (nSPS) is 9.92. The molecular weight excluding hydrogens is 340 g/mol. The molecule has 2 amide bonds. The lowest BCUT2D eigenvalue weighted by Gasteiger charge is -2.12. The second kappa shape index (κ2) is 8.47. The number of nitrogens with zero attached hydrogens (tertiary/aromatic N) is 1. The number of nitro benzene ring substituents is 1. The maximum absolute atomic E-state index is 11.9. The minimum absolute atomic E-state index is 0.0830. The molecule has 0 aromatic heterocycles. The van der Waals surface area contributed by atoms with E-state index < -0.39 is 16.7 Å². The number of anilines is 1. The smallest absolute Gasteiger partial charge is 0.269 e. The summed E-state index contributed by atoms with van der Waals surface area (Å²) in [7, 11) is 1.53. The summed E-state index contributed by atoms with van der Waals surface area (Å²) in [5.74, 6) is -0.455. The van der Waals surface area contributed by atoms with Gasteiger partial charge in [0.1, 0.15) is 5.75 Å². The first-order valence-corrected chi connectivity index (χ1v) is 7.63. The SMILES string of the molecule is COc1ccc(C)cc1NCC(=O)NNC(=O)c1ccc([N+](=O)[O-])cc1. The lowest BCUT2D eigenvalue weighted by molar-refractivity contribution is -0.384. The molecule has 26 heavy (non-hydrogen) atoms. The molecule has 0 aliphatic carbocycles. The number of carbonyl (C=O) groups excluding carboxylic acids is 2. The van der Waals surface area contributed by atoms with E-state index in [0.717, 1.165) is 5.56 Å². The molecule has 2 rings (SSSR count). The molecular formula is C17H18N4O5. The van der Waals surface area contributed by atoms with E-state index in [0.29, 0.717) is 11.4 Å². The Morgan fingerprint density at radius 1 is 1.12 bits per heavy atom. The average molecular weight is 358 g/mol. The molecule has 2 aromatic rings. The number of ether oxygens (including phenoxy) is 1. The summed E-state index contributed by atoms with van der Waals surface area (Å²) in [4.78, 5) is 33.8. The number of aryl methyl sites for hydroxylation is 1. The highest BCUT2D eigenvalue weighted by molar-refractivity contribution is 5.95. The zero-order chi connectivity index (χ0) is 19.1. The van der Waals surface area contributed by atoms with Crippen molar-refractivity contribution in [2.24, 2.45) is 0 Å². The number of hydrazine groups is 1. The van der Waals surface area contributed by atoms with Gasteiger partial charge in [-0.15, -0.1) is 0 Å². The van der Waals surface area contributed by atoms with E-state index in [-0.39, 0.29) is 17.8 Å². The van der Waals surface area contributed by atoms with E-state index in [2.05, 4.69) is 16.2 Å². The monoisotopic (exact) mass is 358 g/mol. The Morgan fingerprint density at radius 2 is 1.81 bits per heavy atom. The Morgan fingerprint density at radius 3 is 2.42 bits per heavy atom. The number of hydrogen-bond donors (Lipinski definition) is 3. The van der Waals surface area contributed by atoms with Crippen molar-refractivity contribution in [3.8, 4) is 5.75 Å². The second-order valence-electron chi connectivity index (χ2n) is 5.36. The van der Waals surface area contributed by atoms with Gasteiger partial charge >= 0.3 is 0 Å². The summed E-state index contributed by atoms with van der Waals surface area (Å²) in [5, 5.41) is 13.5. The van der Waals surface area contributed by atoms with Crippen LogP contribution in [0.3, 0.4) is 0 Å². The van der Waals surface area contributed by atoms with Crippen LogP contribution in [0.25, 0.3) is 0 Å². The molecule has 9 heteroatoms. The van der Waals surface area contributed by atoms with Crippen molar-refractivity contribution in [1.29, 1.82) is 0 Å². The summed E-state index contributed by atoms with van der Waals surface area (Å²) in [6, 6.07) is 10.5. The number of benzene rings is 2. The molecule has 0 bridgehead atoms. The molecule has 0 heterocycles. The molecule has 0 saturated heterocycles. The number of methoxy groups -OCH3 is 1. The van der Waals surface area contributed by atoms with Gasteiger partial charge in [0.05, 0.1) is 24.3 Å². The fourth-order valence-corrected chi connectivity index (χ4v) is 2.11. The Kier molecular flexibility index (Phi) is 6.10. The fourth-order valence-electron chi connectivity index (χ4n) is 2.11. The van der Waals surface area contributed by atoms with Crippen LogP contribution in [0.1, 0.15) is 15.9 Å². The average Bonchev–Trinajstić information content (AvgIpc) is 2.64. The highest BCUT2D eigenvalue weighted by atomic mass is 16.6. The first-order valence-electron chi connectivity index (χ1n) is 7.63. The fraction of sp³-hybridized carbons (Fsp3) is 0.176. The van der Waals surface area contributed by atoms with Crippen LogP contribution in [0.15, 0.2) is 42.5 Å². The molecule has 9 nitrogen and oxygen atoms in total. The predicted molar refractivity (Wildman–Crippen MR) is 94.9 cm³/mol. The van der Waals surface area contributed by atoms with E-state index in [4.69, 9.17) is 4.74 Å². The summed E-state index contributed by atoms with van der Waals surface area (Å²) in [6.45, 7) is 1.83. The van der Waals surface area contributed by atoms with Gasteiger partial charge in [-0.05, 0) is 36.8 Å².